The molecule has 2 saturated carbocycles. The summed E-state index contributed by atoms with van der Waals surface area (Å²) in [5.74, 6) is 0. The number of hydrogen-bond acceptors (Lipinski definition) is 1. The van der Waals surface area contributed by atoms with Crippen LogP contribution in [0.4, 0.5) is 0 Å². The summed E-state index contributed by atoms with van der Waals surface area (Å²) in [6.45, 7) is 8.53. The lowest BCUT2D eigenvalue weighted by atomic mass is 9.81. The first-order valence-electron chi connectivity index (χ1n) is 7.31. The fourth-order valence-electron chi connectivity index (χ4n) is 3.83. The molecule has 1 heteroatoms. The molecule has 0 aromatic rings. The molecule has 2 rings (SSSR count). The molecule has 1 unspecified atom stereocenters. The SMILES string of the molecule is CCC1(CNC2CCCC2(C)C)CCCC1. The summed E-state index contributed by atoms with van der Waals surface area (Å²) in [6, 6.07) is 0.775. The van der Waals surface area contributed by atoms with E-state index < -0.39 is 0 Å². The summed E-state index contributed by atoms with van der Waals surface area (Å²) in [6.07, 6.45) is 11.4. The third kappa shape index (κ3) is 2.45. The van der Waals surface area contributed by atoms with Gasteiger partial charge < -0.3 is 5.32 Å². The van der Waals surface area contributed by atoms with Crippen LogP contribution in [0.15, 0.2) is 0 Å². The second-order valence-electron chi connectivity index (χ2n) is 6.87. The molecular weight excluding hydrogens is 194 g/mol. The molecule has 0 aromatic carbocycles. The Morgan fingerprint density at radius 2 is 1.75 bits per heavy atom. The summed E-state index contributed by atoms with van der Waals surface area (Å²) >= 11 is 0. The second-order valence-corrected chi connectivity index (χ2v) is 6.87. The van der Waals surface area contributed by atoms with E-state index in [1.807, 2.05) is 0 Å². The molecule has 0 radical (unpaired) electrons. The van der Waals surface area contributed by atoms with E-state index in [0.717, 1.165) is 6.04 Å². The van der Waals surface area contributed by atoms with Gasteiger partial charge in [-0.3, -0.25) is 0 Å². The zero-order valence-electron chi connectivity index (χ0n) is 11.4. The maximum absolute atomic E-state index is 3.91. The molecule has 2 aliphatic carbocycles. The molecule has 2 aliphatic rings. The van der Waals surface area contributed by atoms with Crippen LogP contribution in [0.3, 0.4) is 0 Å². The third-order valence-corrected chi connectivity index (χ3v) is 5.39. The first kappa shape index (κ1) is 12.4. The predicted octanol–water partition coefficient (Wildman–Crippen LogP) is 4.13. The summed E-state index contributed by atoms with van der Waals surface area (Å²) in [5.41, 5.74) is 1.19. The van der Waals surface area contributed by atoms with Gasteiger partial charge in [-0.05, 0) is 42.9 Å². The van der Waals surface area contributed by atoms with E-state index in [1.165, 1.54) is 57.9 Å². The minimum atomic E-state index is 0.535. The van der Waals surface area contributed by atoms with Crippen LogP contribution in [-0.4, -0.2) is 12.6 Å². The number of nitrogens with one attached hydrogen (secondary N) is 1. The zero-order valence-corrected chi connectivity index (χ0v) is 11.4. The molecule has 0 spiro atoms. The van der Waals surface area contributed by atoms with Crippen molar-refractivity contribution in [2.45, 2.75) is 78.2 Å². The first-order valence-corrected chi connectivity index (χ1v) is 7.31. The van der Waals surface area contributed by atoms with Gasteiger partial charge in [-0.1, -0.05) is 40.0 Å². The molecule has 0 aliphatic heterocycles. The van der Waals surface area contributed by atoms with Gasteiger partial charge in [0.15, 0.2) is 0 Å². The number of hydrogen-bond donors (Lipinski definition) is 1. The van der Waals surface area contributed by atoms with Gasteiger partial charge in [-0.2, -0.15) is 0 Å². The highest BCUT2D eigenvalue weighted by Crippen LogP contribution is 2.42. The average molecular weight is 223 g/mol. The van der Waals surface area contributed by atoms with Crippen molar-refractivity contribution in [2.24, 2.45) is 10.8 Å². The van der Waals surface area contributed by atoms with Crippen LogP contribution < -0.4 is 5.32 Å². The summed E-state index contributed by atoms with van der Waals surface area (Å²) in [4.78, 5) is 0. The van der Waals surface area contributed by atoms with Crippen LogP contribution >= 0.6 is 0 Å². The molecule has 0 saturated heterocycles. The largest absolute Gasteiger partial charge is 0.313 e. The van der Waals surface area contributed by atoms with Crippen molar-refractivity contribution >= 4 is 0 Å². The highest BCUT2D eigenvalue weighted by molar-refractivity contribution is 4.93. The topological polar surface area (TPSA) is 12.0 Å². The first-order chi connectivity index (χ1) is 7.58. The van der Waals surface area contributed by atoms with Gasteiger partial charge in [0, 0.05) is 12.6 Å². The van der Waals surface area contributed by atoms with Gasteiger partial charge >= 0.3 is 0 Å². The lowest BCUT2D eigenvalue weighted by Gasteiger charge is -2.34. The lowest BCUT2D eigenvalue weighted by molar-refractivity contribution is 0.214. The van der Waals surface area contributed by atoms with Gasteiger partial charge in [0.2, 0.25) is 0 Å². The van der Waals surface area contributed by atoms with Gasteiger partial charge in [0.25, 0.3) is 0 Å². The maximum Gasteiger partial charge on any atom is 0.0118 e. The molecule has 0 amide bonds. The summed E-state index contributed by atoms with van der Waals surface area (Å²) in [5, 5.41) is 3.91. The van der Waals surface area contributed by atoms with Crippen LogP contribution in [-0.2, 0) is 0 Å². The van der Waals surface area contributed by atoms with Crippen LogP contribution in [0.5, 0.6) is 0 Å². The van der Waals surface area contributed by atoms with E-state index in [2.05, 4.69) is 26.1 Å². The van der Waals surface area contributed by atoms with E-state index in [1.54, 1.807) is 0 Å². The van der Waals surface area contributed by atoms with E-state index in [9.17, 15) is 0 Å². The quantitative estimate of drug-likeness (QED) is 0.756. The van der Waals surface area contributed by atoms with Crippen LogP contribution in [0.1, 0.15) is 72.1 Å². The minimum Gasteiger partial charge on any atom is -0.313 e. The van der Waals surface area contributed by atoms with Gasteiger partial charge in [0.1, 0.15) is 0 Å². The molecule has 16 heavy (non-hydrogen) atoms. The van der Waals surface area contributed by atoms with Gasteiger partial charge in [0.05, 0.1) is 0 Å². The third-order valence-electron chi connectivity index (χ3n) is 5.39. The van der Waals surface area contributed by atoms with E-state index >= 15 is 0 Å². The van der Waals surface area contributed by atoms with Crippen LogP contribution in [0.2, 0.25) is 0 Å². The molecule has 1 nitrogen and oxygen atoms in total. The van der Waals surface area contributed by atoms with Crippen molar-refractivity contribution in [3.63, 3.8) is 0 Å². The summed E-state index contributed by atoms with van der Waals surface area (Å²) in [7, 11) is 0. The molecule has 1 atom stereocenters. The fraction of sp³-hybridized carbons (Fsp3) is 1.00. The predicted molar refractivity (Wildman–Crippen MR) is 70.6 cm³/mol. The van der Waals surface area contributed by atoms with Crippen molar-refractivity contribution in [2.75, 3.05) is 6.54 Å². The van der Waals surface area contributed by atoms with Crippen molar-refractivity contribution in [1.82, 2.24) is 5.32 Å². The average Bonchev–Trinajstić information content (AvgIpc) is 2.83. The Morgan fingerprint density at radius 1 is 1.06 bits per heavy atom. The standard InChI is InChI=1S/C15H29N/c1-4-15(10-5-6-11-15)12-16-13-8-7-9-14(13,2)3/h13,16H,4-12H2,1-3H3. The molecule has 0 bridgehead atoms. The molecule has 1 N–H and O–H groups in total. The minimum absolute atomic E-state index is 0.535. The van der Waals surface area contributed by atoms with Crippen LogP contribution in [0.25, 0.3) is 0 Å². The van der Waals surface area contributed by atoms with E-state index in [0.29, 0.717) is 10.8 Å². The Labute approximate surface area is 101 Å². The Morgan fingerprint density at radius 3 is 2.25 bits per heavy atom. The van der Waals surface area contributed by atoms with Crippen molar-refractivity contribution in [3.8, 4) is 0 Å². The van der Waals surface area contributed by atoms with Crippen molar-refractivity contribution in [3.05, 3.63) is 0 Å². The monoisotopic (exact) mass is 223 g/mol. The fourth-order valence-corrected chi connectivity index (χ4v) is 3.83. The molecule has 2 fully saturated rings. The lowest BCUT2D eigenvalue weighted by Crippen LogP contribution is -2.43. The zero-order chi connectivity index (χ0) is 11.6. The Bertz CT molecular complexity index is 226. The van der Waals surface area contributed by atoms with Crippen molar-refractivity contribution < 1.29 is 0 Å². The maximum atomic E-state index is 3.91. The molecule has 0 aromatic heterocycles. The Kier molecular flexibility index (Phi) is 3.63. The molecule has 94 valence electrons. The smallest absolute Gasteiger partial charge is 0.0118 e. The normalized spacial score (nSPS) is 32.1. The Hall–Kier alpha value is -0.0400. The number of rotatable bonds is 4. The van der Waals surface area contributed by atoms with Gasteiger partial charge in [-0.25, -0.2) is 0 Å². The second kappa shape index (κ2) is 4.68. The van der Waals surface area contributed by atoms with Gasteiger partial charge in [-0.15, -0.1) is 0 Å². The molecule has 0 heterocycles. The van der Waals surface area contributed by atoms with E-state index in [-0.39, 0.29) is 0 Å². The van der Waals surface area contributed by atoms with Crippen LogP contribution in [0, 0.1) is 10.8 Å². The van der Waals surface area contributed by atoms with E-state index in [4.69, 9.17) is 0 Å². The highest BCUT2D eigenvalue weighted by atomic mass is 15.0. The van der Waals surface area contributed by atoms with Crippen molar-refractivity contribution in [1.29, 1.82) is 0 Å². The Balaban J connectivity index is 1.86. The highest BCUT2D eigenvalue weighted by Gasteiger charge is 2.37. The summed E-state index contributed by atoms with van der Waals surface area (Å²) < 4.78 is 0. The molecular formula is C15H29N.